The topological polar surface area (TPSA) is 90.1 Å². The number of benzene rings is 1. The molecule has 0 radical (unpaired) electrons. The van der Waals surface area contributed by atoms with Crippen molar-refractivity contribution in [1.29, 1.82) is 0 Å². The van der Waals surface area contributed by atoms with Crippen molar-refractivity contribution in [3.05, 3.63) is 30.1 Å². The summed E-state index contributed by atoms with van der Waals surface area (Å²) >= 11 is 0. The minimum Gasteiger partial charge on any atom is -0.494 e. The highest BCUT2D eigenvalue weighted by Crippen LogP contribution is 2.19. The first-order chi connectivity index (χ1) is 8.20. The van der Waals surface area contributed by atoms with Gasteiger partial charge in [0.1, 0.15) is 17.9 Å². The first-order valence-corrected chi connectivity index (χ1v) is 4.85. The van der Waals surface area contributed by atoms with Crippen molar-refractivity contribution < 1.29 is 14.6 Å². The number of hydrogen-bond donors (Lipinski definition) is 1. The molecule has 0 saturated carbocycles. The fourth-order valence-corrected chi connectivity index (χ4v) is 1.35. The van der Waals surface area contributed by atoms with Crippen LogP contribution in [0.2, 0.25) is 0 Å². The van der Waals surface area contributed by atoms with Gasteiger partial charge in [-0.3, -0.25) is 4.79 Å². The molecule has 2 aromatic rings. The van der Waals surface area contributed by atoms with Crippen LogP contribution in [0.5, 0.6) is 5.75 Å². The van der Waals surface area contributed by atoms with Gasteiger partial charge in [0.05, 0.1) is 7.11 Å². The summed E-state index contributed by atoms with van der Waals surface area (Å²) in [5.41, 5.74) is 0.610. The third kappa shape index (κ3) is 2.39. The van der Waals surface area contributed by atoms with Gasteiger partial charge in [-0.05, 0) is 17.3 Å². The average Bonchev–Trinajstić information content (AvgIpc) is 2.76. The number of carboxylic acids is 1. The molecule has 0 aliphatic carbocycles. The number of carboxylic acid groups (broad SMARTS) is 1. The molecule has 0 atom stereocenters. The van der Waals surface area contributed by atoms with Crippen LogP contribution < -0.4 is 4.74 Å². The second-order valence-corrected chi connectivity index (χ2v) is 3.24. The maximum absolute atomic E-state index is 10.5. The van der Waals surface area contributed by atoms with Crippen LogP contribution in [-0.2, 0) is 11.2 Å². The molecule has 1 heterocycles. The standard InChI is InChI=1S/C10H10N4O3/c1-17-8-5-3-2-4-7(8)14-12-9(11-13-14)6-10(15)16/h2-5H,6H2,1H3,(H,15,16). The fraction of sp³-hybridized carbons (Fsp3) is 0.200. The van der Waals surface area contributed by atoms with Gasteiger partial charge in [-0.15, -0.1) is 15.0 Å². The zero-order valence-corrected chi connectivity index (χ0v) is 9.07. The second kappa shape index (κ2) is 4.60. The summed E-state index contributed by atoms with van der Waals surface area (Å²) in [5, 5.41) is 20.0. The van der Waals surface area contributed by atoms with Crippen LogP contribution >= 0.6 is 0 Å². The molecule has 0 aliphatic rings. The van der Waals surface area contributed by atoms with Gasteiger partial charge < -0.3 is 9.84 Å². The van der Waals surface area contributed by atoms with Crippen LogP contribution in [0.15, 0.2) is 24.3 Å². The predicted molar refractivity (Wildman–Crippen MR) is 57.0 cm³/mol. The van der Waals surface area contributed by atoms with Gasteiger partial charge >= 0.3 is 5.97 Å². The molecule has 2 rings (SSSR count). The highest BCUT2D eigenvalue weighted by Gasteiger charge is 2.11. The molecule has 0 aliphatic heterocycles. The highest BCUT2D eigenvalue weighted by atomic mass is 16.5. The van der Waals surface area contributed by atoms with E-state index in [0.29, 0.717) is 11.4 Å². The van der Waals surface area contributed by atoms with E-state index in [-0.39, 0.29) is 12.2 Å². The molecule has 7 nitrogen and oxygen atoms in total. The van der Waals surface area contributed by atoms with Gasteiger partial charge in [-0.2, -0.15) is 0 Å². The Morgan fingerprint density at radius 1 is 1.47 bits per heavy atom. The van der Waals surface area contributed by atoms with Gasteiger partial charge in [0.25, 0.3) is 0 Å². The monoisotopic (exact) mass is 234 g/mol. The first-order valence-electron chi connectivity index (χ1n) is 4.85. The third-order valence-electron chi connectivity index (χ3n) is 2.07. The van der Waals surface area contributed by atoms with Crippen LogP contribution in [0.1, 0.15) is 5.82 Å². The summed E-state index contributed by atoms with van der Waals surface area (Å²) in [6, 6.07) is 7.14. The summed E-state index contributed by atoms with van der Waals surface area (Å²) in [5.74, 6) is -0.250. The molecular weight excluding hydrogens is 224 g/mol. The molecule has 0 fully saturated rings. The first kappa shape index (κ1) is 11.1. The summed E-state index contributed by atoms with van der Waals surface area (Å²) in [6.45, 7) is 0. The van der Waals surface area contributed by atoms with Gasteiger partial charge in [0.2, 0.25) is 0 Å². The van der Waals surface area contributed by atoms with Crippen molar-refractivity contribution in [3.63, 3.8) is 0 Å². The number of carbonyl (C=O) groups is 1. The van der Waals surface area contributed by atoms with Crippen molar-refractivity contribution >= 4 is 5.97 Å². The van der Waals surface area contributed by atoms with Crippen molar-refractivity contribution in [1.82, 2.24) is 20.2 Å². The van der Waals surface area contributed by atoms with Crippen molar-refractivity contribution in [2.45, 2.75) is 6.42 Å². The summed E-state index contributed by atoms with van der Waals surface area (Å²) in [6.07, 6.45) is -0.255. The van der Waals surface area contributed by atoms with E-state index >= 15 is 0 Å². The number of methoxy groups -OCH3 is 1. The molecule has 17 heavy (non-hydrogen) atoms. The minimum atomic E-state index is -0.996. The number of para-hydroxylation sites is 2. The molecule has 7 heteroatoms. The predicted octanol–water partition coefficient (Wildman–Crippen LogP) is 0.298. The molecule has 1 aromatic heterocycles. The smallest absolute Gasteiger partial charge is 0.311 e. The lowest BCUT2D eigenvalue weighted by molar-refractivity contribution is -0.136. The number of tetrazole rings is 1. The average molecular weight is 234 g/mol. The zero-order valence-electron chi connectivity index (χ0n) is 9.07. The lowest BCUT2D eigenvalue weighted by atomic mass is 10.3. The zero-order chi connectivity index (χ0) is 12.3. The number of ether oxygens (including phenoxy) is 1. The van der Waals surface area contributed by atoms with E-state index in [2.05, 4.69) is 15.4 Å². The maximum Gasteiger partial charge on any atom is 0.311 e. The number of aromatic nitrogens is 4. The summed E-state index contributed by atoms with van der Waals surface area (Å²) in [4.78, 5) is 11.7. The van der Waals surface area contributed by atoms with Gasteiger partial charge in [-0.1, -0.05) is 12.1 Å². The van der Waals surface area contributed by atoms with E-state index in [1.54, 1.807) is 18.2 Å². The van der Waals surface area contributed by atoms with E-state index < -0.39 is 5.97 Å². The Balaban J connectivity index is 2.33. The van der Waals surface area contributed by atoms with E-state index in [9.17, 15) is 4.79 Å². The Hall–Kier alpha value is -2.44. The maximum atomic E-state index is 10.5. The highest BCUT2D eigenvalue weighted by molar-refractivity contribution is 5.68. The van der Waals surface area contributed by atoms with Crippen LogP contribution in [0.3, 0.4) is 0 Å². The fourth-order valence-electron chi connectivity index (χ4n) is 1.35. The lowest BCUT2D eigenvalue weighted by Crippen LogP contribution is -2.04. The number of hydrogen-bond acceptors (Lipinski definition) is 5. The molecular formula is C10H10N4O3. The number of nitrogens with zero attached hydrogens (tertiary/aromatic N) is 4. The molecule has 1 aromatic carbocycles. The van der Waals surface area contributed by atoms with E-state index in [1.807, 2.05) is 6.07 Å². The van der Waals surface area contributed by atoms with Crippen LogP contribution in [0, 0.1) is 0 Å². The van der Waals surface area contributed by atoms with Crippen LogP contribution in [-0.4, -0.2) is 38.4 Å². The van der Waals surface area contributed by atoms with Gasteiger partial charge in [-0.25, -0.2) is 0 Å². The van der Waals surface area contributed by atoms with E-state index in [4.69, 9.17) is 9.84 Å². The quantitative estimate of drug-likeness (QED) is 0.818. The molecule has 0 unspecified atom stereocenters. The van der Waals surface area contributed by atoms with E-state index in [1.165, 1.54) is 11.9 Å². The molecule has 0 bridgehead atoms. The van der Waals surface area contributed by atoms with Gasteiger partial charge in [0.15, 0.2) is 5.82 Å². The van der Waals surface area contributed by atoms with Crippen molar-refractivity contribution in [2.75, 3.05) is 7.11 Å². The minimum absolute atomic E-state index is 0.156. The van der Waals surface area contributed by atoms with Crippen LogP contribution in [0.4, 0.5) is 0 Å². The van der Waals surface area contributed by atoms with Crippen LogP contribution in [0.25, 0.3) is 5.69 Å². The Labute approximate surface area is 96.6 Å². The molecule has 88 valence electrons. The van der Waals surface area contributed by atoms with E-state index in [0.717, 1.165) is 0 Å². The molecule has 0 saturated heterocycles. The number of aliphatic carboxylic acids is 1. The van der Waals surface area contributed by atoms with Crippen molar-refractivity contribution in [2.24, 2.45) is 0 Å². The normalized spacial score (nSPS) is 10.2. The number of rotatable bonds is 4. The largest absolute Gasteiger partial charge is 0.494 e. The molecule has 1 N–H and O–H groups in total. The Bertz CT molecular complexity index is 538. The summed E-state index contributed by atoms with van der Waals surface area (Å²) < 4.78 is 5.15. The lowest BCUT2D eigenvalue weighted by Gasteiger charge is -2.04. The summed E-state index contributed by atoms with van der Waals surface area (Å²) in [7, 11) is 1.54. The Morgan fingerprint density at radius 3 is 2.94 bits per heavy atom. The Kier molecular flexibility index (Phi) is 2.99. The second-order valence-electron chi connectivity index (χ2n) is 3.24. The molecule has 0 spiro atoms. The Morgan fingerprint density at radius 2 is 2.24 bits per heavy atom. The SMILES string of the molecule is COc1ccccc1-n1nnc(CC(=O)O)n1. The van der Waals surface area contributed by atoms with Gasteiger partial charge in [0, 0.05) is 0 Å². The van der Waals surface area contributed by atoms with Crippen molar-refractivity contribution in [3.8, 4) is 11.4 Å². The third-order valence-corrected chi connectivity index (χ3v) is 2.07. The molecule has 0 amide bonds.